The fraction of sp³-hybridized carbons (Fsp3) is 0.538. The average molecular weight is 239 g/mol. The lowest BCUT2D eigenvalue weighted by atomic mass is 10.3. The van der Waals surface area contributed by atoms with E-state index in [0.29, 0.717) is 6.61 Å². The van der Waals surface area contributed by atoms with E-state index < -0.39 is 0 Å². The Hall–Kier alpha value is -1.26. The van der Waals surface area contributed by atoms with Crippen LogP contribution in [-0.2, 0) is 4.74 Å². The first kappa shape index (κ1) is 13.8. The van der Waals surface area contributed by atoms with Crippen molar-refractivity contribution in [2.45, 2.75) is 13.0 Å². The molecule has 17 heavy (non-hydrogen) atoms. The summed E-state index contributed by atoms with van der Waals surface area (Å²) in [4.78, 5) is 0. The summed E-state index contributed by atoms with van der Waals surface area (Å²) in [7, 11) is 3.33. The molecule has 0 spiro atoms. The third-order valence-corrected chi connectivity index (χ3v) is 2.31. The molecule has 4 nitrogen and oxygen atoms in total. The van der Waals surface area contributed by atoms with Crippen LogP contribution in [0.4, 0.5) is 0 Å². The lowest BCUT2D eigenvalue weighted by Crippen LogP contribution is -2.31. The third kappa shape index (κ3) is 5.06. The fourth-order valence-electron chi connectivity index (χ4n) is 1.45. The van der Waals surface area contributed by atoms with Crippen LogP contribution in [0, 0.1) is 0 Å². The van der Waals surface area contributed by atoms with Gasteiger partial charge in [0.2, 0.25) is 0 Å². The summed E-state index contributed by atoms with van der Waals surface area (Å²) in [5.74, 6) is 1.53. The lowest BCUT2D eigenvalue weighted by molar-refractivity contribution is 0.181. The van der Waals surface area contributed by atoms with E-state index in [2.05, 4.69) is 5.32 Å². The monoisotopic (exact) mass is 239 g/mol. The number of benzene rings is 1. The summed E-state index contributed by atoms with van der Waals surface area (Å²) < 4.78 is 16.0. The first-order valence-electron chi connectivity index (χ1n) is 5.77. The summed E-state index contributed by atoms with van der Waals surface area (Å²) in [6.45, 7) is 4.34. The standard InChI is InChI=1S/C13H21NO3/c1-11(10-14-8-9-15-2)17-13-7-5-4-6-12(13)16-3/h4-7,11,14H,8-10H2,1-3H3. The minimum absolute atomic E-state index is 0.0863. The molecule has 0 fully saturated rings. The van der Waals surface area contributed by atoms with Crippen LogP contribution in [0.3, 0.4) is 0 Å². The van der Waals surface area contributed by atoms with E-state index in [1.54, 1.807) is 14.2 Å². The number of hydrogen-bond acceptors (Lipinski definition) is 4. The smallest absolute Gasteiger partial charge is 0.161 e. The van der Waals surface area contributed by atoms with Crippen LogP contribution in [0.25, 0.3) is 0 Å². The molecule has 0 bridgehead atoms. The summed E-state index contributed by atoms with van der Waals surface area (Å²) in [6.07, 6.45) is 0.0863. The van der Waals surface area contributed by atoms with Crippen LogP contribution in [0.5, 0.6) is 11.5 Å². The molecular weight excluding hydrogens is 218 g/mol. The maximum absolute atomic E-state index is 5.79. The SMILES string of the molecule is COCCNCC(C)Oc1ccccc1OC. The van der Waals surface area contributed by atoms with E-state index in [9.17, 15) is 0 Å². The molecule has 96 valence electrons. The highest BCUT2D eigenvalue weighted by molar-refractivity contribution is 5.39. The van der Waals surface area contributed by atoms with E-state index >= 15 is 0 Å². The van der Waals surface area contributed by atoms with Crippen LogP contribution in [0.15, 0.2) is 24.3 Å². The van der Waals surface area contributed by atoms with E-state index in [0.717, 1.165) is 24.6 Å². The number of nitrogens with one attached hydrogen (secondary N) is 1. The molecule has 0 aromatic heterocycles. The molecule has 4 heteroatoms. The molecule has 0 saturated carbocycles. The molecule has 0 saturated heterocycles. The first-order valence-corrected chi connectivity index (χ1v) is 5.77. The van der Waals surface area contributed by atoms with Crippen molar-refractivity contribution in [3.05, 3.63) is 24.3 Å². The quantitative estimate of drug-likeness (QED) is 0.701. The fourth-order valence-corrected chi connectivity index (χ4v) is 1.45. The van der Waals surface area contributed by atoms with Gasteiger partial charge < -0.3 is 19.5 Å². The van der Waals surface area contributed by atoms with Gasteiger partial charge in [-0.2, -0.15) is 0 Å². The van der Waals surface area contributed by atoms with Crippen LogP contribution < -0.4 is 14.8 Å². The number of methoxy groups -OCH3 is 2. The molecule has 0 aliphatic rings. The molecule has 1 N–H and O–H groups in total. The van der Waals surface area contributed by atoms with Gasteiger partial charge in [-0.05, 0) is 19.1 Å². The van der Waals surface area contributed by atoms with Crippen molar-refractivity contribution in [2.24, 2.45) is 0 Å². The molecule has 1 aromatic carbocycles. The van der Waals surface area contributed by atoms with Crippen LogP contribution in [0.1, 0.15) is 6.92 Å². The maximum Gasteiger partial charge on any atom is 0.161 e. The summed E-state index contributed by atoms with van der Waals surface area (Å²) in [5, 5.41) is 3.25. The van der Waals surface area contributed by atoms with Gasteiger partial charge in [0.15, 0.2) is 11.5 Å². The van der Waals surface area contributed by atoms with Gasteiger partial charge in [-0.3, -0.25) is 0 Å². The highest BCUT2D eigenvalue weighted by Crippen LogP contribution is 2.26. The van der Waals surface area contributed by atoms with Crippen molar-refractivity contribution >= 4 is 0 Å². The van der Waals surface area contributed by atoms with Gasteiger partial charge in [-0.1, -0.05) is 12.1 Å². The maximum atomic E-state index is 5.79. The van der Waals surface area contributed by atoms with E-state index in [1.807, 2.05) is 31.2 Å². The van der Waals surface area contributed by atoms with Crippen molar-refractivity contribution in [3.8, 4) is 11.5 Å². The average Bonchev–Trinajstić information content (AvgIpc) is 2.35. The number of rotatable bonds is 8. The predicted octanol–water partition coefficient (Wildman–Crippen LogP) is 1.70. The zero-order valence-corrected chi connectivity index (χ0v) is 10.7. The Labute approximate surface area is 103 Å². The molecule has 1 unspecified atom stereocenters. The number of ether oxygens (including phenoxy) is 3. The highest BCUT2D eigenvalue weighted by Gasteiger charge is 2.07. The van der Waals surface area contributed by atoms with Crippen LogP contribution in [-0.4, -0.2) is 40.0 Å². The Kier molecular flexibility index (Phi) is 6.43. The van der Waals surface area contributed by atoms with Crippen molar-refractivity contribution in [1.29, 1.82) is 0 Å². The van der Waals surface area contributed by atoms with E-state index in [-0.39, 0.29) is 6.10 Å². The Morgan fingerprint density at radius 3 is 2.53 bits per heavy atom. The van der Waals surface area contributed by atoms with Gasteiger partial charge in [-0.25, -0.2) is 0 Å². The van der Waals surface area contributed by atoms with Gasteiger partial charge >= 0.3 is 0 Å². The molecule has 0 radical (unpaired) electrons. The van der Waals surface area contributed by atoms with Gasteiger partial charge in [0.25, 0.3) is 0 Å². The normalized spacial score (nSPS) is 12.2. The van der Waals surface area contributed by atoms with Crippen molar-refractivity contribution in [1.82, 2.24) is 5.32 Å². The summed E-state index contributed by atoms with van der Waals surface area (Å²) in [5.41, 5.74) is 0. The second-order valence-electron chi connectivity index (χ2n) is 3.78. The predicted molar refractivity (Wildman–Crippen MR) is 67.8 cm³/mol. The van der Waals surface area contributed by atoms with Gasteiger partial charge in [0.05, 0.1) is 13.7 Å². The van der Waals surface area contributed by atoms with Crippen molar-refractivity contribution in [3.63, 3.8) is 0 Å². The molecule has 0 aliphatic heterocycles. The number of hydrogen-bond donors (Lipinski definition) is 1. The molecule has 0 heterocycles. The number of para-hydroxylation sites is 2. The second-order valence-corrected chi connectivity index (χ2v) is 3.78. The highest BCUT2D eigenvalue weighted by atomic mass is 16.5. The Bertz CT molecular complexity index is 317. The Morgan fingerprint density at radius 2 is 1.88 bits per heavy atom. The zero-order valence-electron chi connectivity index (χ0n) is 10.7. The van der Waals surface area contributed by atoms with Gasteiger partial charge in [0, 0.05) is 20.2 Å². The topological polar surface area (TPSA) is 39.7 Å². The van der Waals surface area contributed by atoms with E-state index in [4.69, 9.17) is 14.2 Å². The third-order valence-electron chi connectivity index (χ3n) is 2.31. The first-order chi connectivity index (χ1) is 8.27. The van der Waals surface area contributed by atoms with Gasteiger partial charge in [0.1, 0.15) is 6.10 Å². The Morgan fingerprint density at radius 1 is 1.18 bits per heavy atom. The van der Waals surface area contributed by atoms with Crippen LogP contribution in [0.2, 0.25) is 0 Å². The van der Waals surface area contributed by atoms with Crippen LogP contribution >= 0.6 is 0 Å². The zero-order chi connectivity index (χ0) is 12.5. The van der Waals surface area contributed by atoms with Crippen molar-refractivity contribution in [2.75, 3.05) is 33.9 Å². The summed E-state index contributed by atoms with van der Waals surface area (Å²) in [6, 6.07) is 7.65. The molecule has 1 aromatic rings. The minimum atomic E-state index is 0.0863. The molecule has 1 atom stereocenters. The molecule has 0 aliphatic carbocycles. The molecule has 0 amide bonds. The summed E-state index contributed by atoms with van der Waals surface area (Å²) >= 11 is 0. The van der Waals surface area contributed by atoms with Gasteiger partial charge in [-0.15, -0.1) is 0 Å². The second kappa shape index (κ2) is 7.92. The minimum Gasteiger partial charge on any atom is -0.493 e. The largest absolute Gasteiger partial charge is 0.493 e. The van der Waals surface area contributed by atoms with E-state index in [1.165, 1.54) is 0 Å². The lowest BCUT2D eigenvalue weighted by Gasteiger charge is -2.17. The molecular formula is C13H21NO3. The molecule has 1 rings (SSSR count). The Balaban J connectivity index is 2.36. The van der Waals surface area contributed by atoms with Crippen molar-refractivity contribution < 1.29 is 14.2 Å².